The van der Waals surface area contributed by atoms with Gasteiger partial charge in [0.25, 0.3) is 0 Å². The lowest BCUT2D eigenvalue weighted by atomic mass is 10.0. The average molecular weight is 413 g/mol. The molecular formula is C22H27N3O5. The molecule has 2 aromatic rings. The van der Waals surface area contributed by atoms with Crippen LogP contribution in [0.2, 0.25) is 0 Å². The number of benzene rings is 1. The minimum absolute atomic E-state index is 0.181. The van der Waals surface area contributed by atoms with Gasteiger partial charge >= 0.3 is 12.1 Å². The quantitative estimate of drug-likeness (QED) is 0.728. The summed E-state index contributed by atoms with van der Waals surface area (Å²) in [6, 6.07) is 12.8. The number of alkyl carbamates (subject to hydrolysis) is 1. The van der Waals surface area contributed by atoms with E-state index in [1.807, 2.05) is 42.2 Å². The molecule has 8 nitrogen and oxygen atoms in total. The zero-order valence-corrected chi connectivity index (χ0v) is 17.5. The summed E-state index contributed by atoms with van der Waals surface area (Å²) in [6.45, 7) is 3.23. The van der Waals surface area contributed by atoms with E-state index in [-0.39, 0.29) is 18.8 Å². The van der Waals surface area contributed by atoms with Crippen LogP contribution >= 0.6 is 0 Å². The number of pyridine rings is 1. The van der Waals surface area contributed by atoms with Gasteiger partial charge in [0.15, 0.2) is 0 Å². The van der Waals surface area contributed by atoms with E-state index in [4.69, 9.17) is 14.2 Å². The highest BCUT2D eigenvalue weighted by Gasteiger charge is 2.32. The first-order valence-corrected chi connectivity index (χ1v) is 9.82. The molecule has 3 rings (SSSR count). The van der Waals surface area contributed by atoms with Gasteiger partial charge in [-0.05, 0) is 31.0 Å². The monoisotopic (exact) mass is 413 g/mol. The molecule has 0 unspecified atom stereocenters. The number of carbonyl (C=O) groups is 2. The maximum atomic E-state index is 12.2. The molecule has 8 heteroatoms. The van der Waals surface area contributed by atoms with Crippen molar-refractivity contribution < 1.29 is 23.8 Å². The van der Waals surface area contributed by atoms with Crippen molar-refractivity contribution in [2.75, 3.05) is 32.2 Å². The Morgan fingerprint density at radius 2 is 1.97 bits per heavy atom. The Morgan fingerprint density at radius 3 is 2.67 bits per heavy atom. The molecule has 2 heterocycles. The molecule has 160 valence electrons. The van der Waals surface area contributed by atoms with Gasteiger partial charge in [0.1, 0.15) is 12.4 Å². The molecule has 0 saturated carbocycles. The Labute approximate surface area is 176 Å². The Kier molecular flexibility index (Phi) is 7.24. The summed E-state index contributed by atoms with van der Waals surface area (Å²) in [4.78, 5) is 30.7. The van der Waals surface area contributed by atoms with Crippen LogP contribution in [-0.2, 0) is 20.8 Å². The lowest BCUT2D eigenvalue weighted by molar-refractivity contribution is 0.0544. The number of amides is 1. The van der Waals surface area contributed by atoms with Gasteiger partial charge in [0.05, 0.1) is 24.8 Å². The van der Waals surface area contributed by atoms with Crippen molar-refractivity contribution in [3.05, 3.63) is 59.3 Å². The summed E-state index contributed by atoms with van der Waals surface area (Å²) >= 11 is 0. The Morgan fingerprint density at radius 1 is 1.20 bits per heavy atom. The number of aryl methyl sites for hydroxylation is 1. The third-order valence-corrected chi connectivity index (χ3v) is 5.06. The van der Waals surface area contributed by atoms with E-state index >= 15 is 0 Å². The van der Waals surface area contributed by atoms with E-state index in [9.17, 15) is 9.59 Å². The number of anilines is 1. The number of aromatic nitrogens is 1. The normalized spacial score (nSPS) is 18.6. The number of hydrogen-bond acceptors (Lipinski definition) is 7. The molecule has 1 aliphatic heterocycles. The number of ether oxygens (including phenoxy) is 3. The topological polar surface area (TPSA) is 90.0 Å². The zero-order chi connectivity index (χ0) is 21.5. The number of rotatable bonds is 6. The SMILES string of the molecule is COC(=O)c1cc(C)nc(N2CC[C@@H](NC(=O)OCc3ccccc3)[C@@H](OC)C2)c1. The summed E-state index contributed by atoms with van der Waals surface area (Å²) in [5.74, 6) is 0.283. The fourth-order valence-corrected chi connectivity index (χ4v) is 3.49. The summed E-state index contributed by atoms with van der Waals surface area (Å²) in [5.41, 5.74) is 2.11. The lowest BCUT2D eigenvalue weighted by Gasteiger charge is -2.38. The second-order valence-corrected chi connectivity index (χ2v) is 7.17. The third kappa shape index (κ3) is 5.48. The molecule has 0 bridgehead atoms. The van der Waals surface area contributed by atoms with E-state index in [1.165, 1.54) is 7.11 Å². The van der Waals surface area contributed by atoms with Crippen LogP contribution in [-0.4, -0.2) is 56.5 Å². The molecule has 0 radical (unpaired) electrons. The number of methoxy groups -OCH3 is 2. The van der Waals surface area contributed by atoms with Crippen molar-refractivity contribution in [2.24, 2.45) is 0 Å². The first kappa shape index (κ1) is 21.6. The van der Waals surface area contributed by atoms with Crippen molar-refractivity contribution in [2.45, 2.75) is 32.1 Å². The summed E-state index contributed by atoms with van der Waals surface area (Å²) in [6.07, 6.45) is -0.0600. The predicted octanol–water partition coefficient (Wildman–Crippen LogP) is 2.70. The van der Waals surface area contributed by atoms with Crippen LogP contribution in [0.15, 0.2) is 42.5 Å². The van der Waals surface area contributed by atoms with Crippen LogP contribution in [0.4, 0.5) is 10.6 Å². The number of nitrogens with zero attached hydrogens (tertiary/aromatic N) is 2. The second kappa shape index (κ2) is 10.1. The minimum Gasteiger partial charge on any atom is -0.465 e. The number of nitrogens with one attached hydrogen (secondary N) is 1. The van der Waals surface area contributed by atoms with Crippen molar-refractivity contribution in [1.29, 1.82) is 0 Å². The smallest absolute Gasteiger partial charge is 0.407 e. The maximum Gasteiger partial charge on any atom is 0.407 e. The first-order valence-electron chi connectivity index (χ1n) is 9.82. The van der Waals surface area contributed by atoms with Gasteiger partial charge in [0.2, 0.25) is 0 Å². The molecule has 1 N–H and O–H groups in total. The van der Waals surface area contributed by atoms with Gasteiger partial charge < -0.3 is 24.4 Å². The highest BCUT2D eigenvalue weighted by molar-refractivity contribution is 5.90. The van der Waals surface area contributed by atoms with Crippen molar-refractivity contribution in [3.8, 4) is 0 Å². The molecule has 1 aliphatic rings. The van der Waals surface area contributed by atoms with Crippen molar-refractivity contribution in [3.63, 3.8) is 0 Å². The largest absolute Gasteiger partial charge is 0.465 e. The van der Waals surface area contributed by atoms with Crippen LogP contribution in [0.5, 0.6) is 0 Å². The Bertz CT molecular complexity index is 874. The molecule has 30 heavy (non-hydrogen) atoms. The summed E-state index contributed by atoms with van der Waals surface area (Å²) < 4.78 is 15.8. The van der Waals surface area contributed by atoms with E-state index in [0.29, 0.717) is 30.9 Å². The number of esters is 1. The fraction of sp³-hybridized carbons (Fsp3) is 0.409. The predicted molar refractivity (Wildman–Crippen MR) is 111 cm³/mol. The van der Waals surface area contributed by atoms with Crippen LogP contribution in [0.1, 0.15) is 28.0 Å². The molecule has 1 fully saturated rings. The molecule has 1 amide bonds. The first-order chi connectivity index (χ1) is 14.5. The van der Waals surface area contributed by atoms with Crippen molar-refractivity contribution >= 4 is 17.9 Å². The minimum atomic E-state index is -0.471. The highest BCUT2D eigenvalue weighted by atomic mass is 16.5. The van der Waals surface area contributed by atoms with Gasteiger partial charge in [-0.1, -0.05) is 30.3 Å². The zero-order valence-electron chi connectivity index (χ0n) is 17.5. The maximum absolute atomic E-state index is 12.2. The number of carbonyl (C=O) groups excluding carboxylic acids is 2. The third-order valence-electron chi connectivity index (χ3n) is 5.06. The van der Waals surface area contributed by atoms with E-state index in [2.05, 4.69) is 10.3 Å². The van der Waals surface area contributed by atoms with E-state index in [1.54, 1.807) is 19.2 Å². The molecule has 1 saturated heterocycles. The van der Waals surface area contributed by atoms with Gasteiger partial charge in [-0.15, -0.1) is 0 Å². The fourth-order valence-electron chi connectivity index (χ4n) is 3.49. The van der Waals surface area contributed by atoms with Crippen LogP contribution in [0, 0.1) is 6.92 Å². The number of hydrogen-bond donors (Lipinski definition) is 1. The second-order valence-electron chi connectivity index (χ2n) is 7.17. The summed E-state index contributed by atoms with van der Waals surface area (Å²) in [5, 5.41) is 2.90. The van der Waals surface area contributed by atoms with Crippen LogP contribution in [0.25, 0.3) is 0 Å². The van der Waals surface area contributed by atoms with E-state index < -0.39 is 12.1 Å². The van der Waals surface area contributed by atoms with Crippen LogP contribution < -0.4 is 10.2 Å². The average Bonchev–Trinajstić information content (AvgIpc) is 2.77. The standard InChI is InChI=1S/C22H27N3O5/c1-15-11-17(21(26)29-3)12-20(23-15)25-10-9-18(19(13-25)28-2)24-22(27)30-14-16-7-5-4-6-8-16/h4-8,11-12,18-19H,9-10,13-14H2,1-3H3,(H,24,27)/t18-,19+/m1/s1. The molecule has 0 aliphatic carbocycles. The van der Waals surface area contributed by atoms with E-state index in [0.717, 1.165) is 11.3 Å². The Balaban J connectivity index is 1.60. The van der Waals surface area contributed by atoms with Gasteiger partial charge in [-0.25, -0.2) is 14.6 Å². The van der Waals surface area contributed by atoms with Gasteiger partial charge in [-0.2, -0.15) is 0 Å². The van der Waals surface area contributed by atoms with Gasteiger partial charge in [0, 0.05) is 25.9 Å². The molecular weight excluding hydrogens is 386 g/mol. The van der Waals surface area contributed by atoms with Crippen molar-refractivity contribution in [1.82, 2.24) is 10.3 Å². The lowest BCUT2D eigenvalue weighted by Crippen LogP contribution is -2.55. The summed E-state index contributed by atoms with van der Waals surface area (Å²) in [7, 11) is 2.97. The molecule has 2 atom stereocenters. The van der Waals surface area contributed by atoms with Crippen LogP contribution in [0.3, 0.4) is 0 Å². The Hall–Kier alpha value is -3.13. The number of piperidine rings is 1. The molecule has 0 spiro atoms. The molecule has 1 aromatic heterocycles. The molecule has 1 aromatic carbocycles. The highest BCUT2D eigenvalue weighted by Crippen LogP contribution is 2.22. The van der Waals surface area contributed by atoms with Gasteiger partial charge in [-0.3, -0.25) is 0 Å².